The van der Waals surface area contributed by atoms with Crippen molar-refractivity contribution in [3.05, 3.63) is 59.7 Å². The third-order valence-electron chi connectivity index (χ3n) is 3.38. The highest BCUT2D eigenvalue weighted by atomic mass is 19.1. The van der Waals surface area contributed by atoms with E-state index in [1.807, 2.05) is 0 Å². The van der Waals surface area contributed by atoms with Gasteiger partial charge in [0.25, 0.3) is 0 Å². The van der Waals surface area contributed by atoms with E-state index in [9.17, 15) is 18.7 Å². The molecule has 0 radical (unpaired) electrons. The lowest BCUT2D eigenvalue weighted by Gasteiger charge is -2.13. The summed E-state index contributed by atoms with van der Waals surface area (Å²) in [5.74, 6) is -1.72. The molecule has 1 atom stereocenters. The Hall–Kier alpha value is -2.47. The number of anilines is 1. The summed E-state index contributed by atoms with van der Waals surface area (Å²) in [5.41, 5.74) is 1.19. The Morgan fingerprint density at radius 3 is 2.71 bits per heavy atom. The van der Waals surface area contributed by atoms with Crippen LogP contribution in [0.1, 0.15) is 31.4 Å². The van der Waals surface area contributed by atoms with Crippen molar-refractivity contribution in [3.63, 3.8) is 0 Å². The molecule has 0 aromatic heterocycles. The monoisotopic (exact) mass is 335 g/mol. The fraction of sp³-hybridized carbons (Fsp3) is 0.278. The van der Waals surface area contributed by atoms with E-state index in [-0.39, 0.29) is 24.7 Å². The molecule has 24 heavy (non-hydrogen) atoms. The number of rotatable bonds is 7. The summed E-state index contributed by atoms with van der Waals surface area (Å²) in [6.45, 7) is 1.75. The summed E-state index contributed by atoms with van der Waals surface area (Å²) in [5, 5.41) is 12.4. The first-order valence-corrected chi connectivity index (χ1v) is 7.62. The number of aliphatic hydroxyl groups excluding tert-OH is 1. The zero-order valence-corrected chi connectivity index (χ0v) is 13.3. The first-order valence-electron chi connectivity index (χ1n) is 7.62. The van der Waals surface area contributed by atoms with Gasteiger partial charge in [-0.3, -0.25) is 4.79 Å². The molecule has 0 saturated carbocycles. The largest absolute Gasteiger partial charge is 0.491 e. The molecule has 2 N–H and O–H groups in total. The Kier molecular flexibility index (Phi) is 6.26. The van der Waals surface area contributed by atoms with Crippen molar-refractivity contribution in [2.75, 3.05) is 11.9 Å². The van der Waals surface area contributed by atoms with Crippen LogP contribution in [0.5, 0.6) is 5.75 Å². The summed E-state index contributed by atoms with van der Waals surface area (Å²) in [6.07, 6.45) is -0.137. The van der Waals surface area contributed by atoms with Crippen molar-refractivity contribution in [3.8, 4) is 5.75 Å². The van der Waals surface area contributed by atoms with Gasteiger partial charge in [-0.15, -0.1) is 0 Å². The Bertz CT molecular complexity index is 704. The van der Waals surface area contributed by atoms with Gasteiger partial charge in [-0.25, -0.2) is 8.78 Å². The lowest BCUT2D eigenvalue weighted by molar-refractivity contribution is -0.116. The minimum atomic E-state index is -0.773. The van der Waals surface area contributed by atoms with Crippen LogP contribution in [0.25, 0.3) is 0 Å². The molecule has 6 heteroatoms. The van der Waals surface area contributed by atoms with Crippen molar-refractivity contribution in [2.24, 2.45) is 0 Å². The minimum Gasteiger partial charge on any atom is -0.491 e. The number of nitrogens with one attached hydrogen (secondary N) is 1. The fourth-order valence-corrected chi connectivity index (χ4v) is 2.19. The maximum atomic E-state index is 13.4. The molecule has 0 aliphatic heterocycles. The van der Waals surface area contributed by atoms with Crippen LogP contribution in [0.4, 0.5) is 14.5 Å². The highest BCUT2D eigenvalue weighted by Gasteiger charge is 2.10. The number of carbonyl (C=O) groups excluding carboxylic acids is 1. The van der Waals surface area contributed by atoms with Gasteiger partial charge in [0.2, 0.25) is 5.91 Å². The van der Waals surface area contributed by atoms with Crippen molar-refractivity contribution in [1.82, 2.24) is 0 Å². The van der Waals surface area contributed by atoms with Crippen molar-refractivity contribution < 1.29 is 23.4 Å². The molecule has 2 aromatic carbocycles. The predicted octanol–water partition coefficient (Wildman–Crippen LogP) is 3.82. The molecule has 2 aromatic rings. The van der Waals surface area contributed by atoms with Gasteiger partial charge in [0, 0.05) is 23.7 Å². The molecule has 2 rings (SSSR count). The second-order valence-electron chi connectivity index (χ2n) is 5.34. The molecule has 1 unspecified atom stereocenters. The van der Waals surface area contributed by atoms with E-state index in [4.69, 9.17) is 4.74 Å². The quantitative estimate of drug-likeness (QED) is 0.756. The number of aliphatic hydroxyl groups is 1. The standard InChI is InChI=1S/C18H19F2NO3/c1-12(22)14-5-2-3-6-16(14)21-18(23)7-4-10-24-17-9-8-13(19)11-15(17)20/h2-3,5-6,8-9,11-12,22H,4,7,10H2,1H3,(H,21,23). The maximum Gasteiger partial charge on any atom is 0.224 e. The summed E-state index contributed by atoms with van der Waals surface area (Å²) in [4.78, 5) is 11.9. The summed E-state index contributed by atoms with van der Waals surface area (Å²) in [7, 11) is 0. The molecule has 4 nitrogen and oxygen atoms in total. The molecule has 0 fully saturated rings. The van der Waals surface area contributed by atoms with Gasteiger partial charge in [-0.2, -0.15) is 0 Å². The molecule has 0 spiro atoms. The number of hydrogen-bond donors (Lipinski definition) is 2. The van der Waals surface area contributed by atoms with E-state index in [1.54, 1.807) is 31.2 Å². The molecule has 0 heterocycles. The minimum absolute atomic E-state index is 0.0451. The van der Waals surface area contributed by atoms with Gasteiger partial charge in [-0.05, 0) is 31.5 Å². The maximum absolute atomic E-state index is 13.4. The number of para-hydroxylation sites is 1. The van der Waals surface area contributed by atoms with Crippen LogP contribution in [0, 0.1) is 11.6 Å². The number of ether oxygens (including phenoxy) is 1. The number of benzene rings is 2. The lowest BCUT2D eigenvalue weighted by Crippen LogP contribution is -2.14. The second-order valence-corrected chi connectivity index (χ2v) is 5.34. The van der Waals surface area contributed by atoms with E-state index in [0.29, 0.717) is 17.7 Å². The highest BCUT2D eigenvalue weighted by molar-refractivity contribution is 5.91. The molecule has 0 aliphatic carbocycles. The lowest BCUT2D eigenvalue weighted by atomic mass is 10.1. The third kappa shape index (κ3) is 5.03. The number of hydrogen-bond acceptors (Lipinski definition) is 3. The second kappa shape index (κ2) is 8.40. The number of halogens is 2. The zero-order valence-electron chi connectivity index (χ0n) is 13.3. The van der Waals surface area contributed by atoms with Gasteiger partial charge in [-0.1, -0.05) is 18.2 Å². The van der Waals surface area contributed by atoms with E-state index in [1.165, 1.54) is 6.07 Å². The summed E-state index contributed by atoms with van der Waals surface area (Å²) < 4.78 is 31.3. The van der Waals surface area contributed by atoms with Crippen molar-refractivity contribution >= 4 is 11.6 Å². The number of amides is 1. The van der Waals surface area contributed by atoms with Gasteiger partial charge in [0.1, 0.15) is 5.82 Å². The van der Waals surface area contributed by atoms with Gasteiger partial charge in [0.05, 0.1) is 12.7 Å². The van der Waals surface area contributed by atoms with Gasteiger partial charge in [0.15, 0.2) is 11.6 Å². The topological polar surface area (TPSA) is 58.6 Å². The van der Waals surface area contributed by atoms with Gasteiger partial charge >= 0.3 is 0 Å². The molecule has 128 valence electrons. The van der Waals surface area contributed by atoms with E-state index in [2.05, 4.69) is 5.32 Å². The average molecular weight is 335 g/mol. The number of carbonyl (C=O) groups is 1. The van der Waals surface area contributed by atoms with E-state index >= 15 is 0 Å². The predicted molar refractivity (Wildman–Crippen MR) is 86.8 cm³/mol. The Morgan fingerprint density at radius 1 is 1.25 bits per heavy atom. The van der Waals surface area contributed by atoms with Crippen LogP contribution in [0.15, 0.2) is 42.5 Å². The highest BCUT2D eigenvalue weighted by Crippen LogP contribution is 2.22. The molecule has 1 amide bonds. The molecular weight excluding hydrogens is 316 g/mol. The molecular formula is C18H19F2NO3. The Morgan fingerprint density at radius 2 is 2.00 bits per heavy atom. The van der Waals surface area contributed by atoms with Crippen molar-refractivity contribution in [1.29, 1.82) is 0 Å². The van der Waals surface area contributed by atoms with Crippen molar-refractivity contribution in [2.45, 2.75) is 25.9 Å². The Labute approximate surface area is 139 Å². The smallest absolute Gasteiger partial charge is 0.224 e. The molecule has 0 bridgehead atoms. The van der Waals surface area contributed by atoms with Crippen LogP contribution in [0.3, 0.4) is 0 Å². The third-order valence-corrected chi connectivity index (χ3v) is 3.38. The van der Waals surface area contributed by atoms with E-state index in [0.717, 1.165) is 12.1 Å². The van der Waals surface area contributed by atoms with Crippen LogP contribution in [0.2, 0.25) is 0 Å². The van der Waals surface area contributed by atoms with Crippen LogP contribution in [-0.4, -0.2) is 17.6 Å². The van der Waals surface area contributed by atoms with E-state index < -0.39 is 17.7 Å². The van der Waals surface area contributed by atoms with Crippen LogP contribution >= 0.6 is 0 Å². The first kappa shape index (κ1) is 17.9. The van der Waals surface area contributed by atoms with Crippen LogP contribution < -0.4 is 10.1 Å². The zero-order chi connectivity index (χ0) is 17.5. The SMILES string of the molecule is CC(O)c1ccccc1NC(=O)CCCOc1ccc(F)cc1F. The summed E-state index contributed by atoms with van der Waals surface area (Å²) >= 11 is 0. The molecule has 0 aliphatic rings. The first-order chi connectivity index (χ1) is 11.5. The molecule has 0 saturated heterocycles. The normalized spacial score (nSPS) is 11.8. The summed E-state index contributed by atoms with van der Waals surface area (Å²) in [6, 6.07) is 10.1. The Balaban J connectivity index is 1.80. The fourth-order valence-electron chi connectivity index (χ4n) is 2.19. The average Bonchev–Trinajstić information content (AvgIpc) is 2.53. The van der Waals surface area contributed by atoms with Gasteiger partial charge < -0.3 is 15.2 Å². The van der Waals surface area contributed by atoms with Crippen LogP contribution in [-0.2, 0) is 4.79 Å².